The number of hydrogen-bond donors (Lipinski definition) is 2. The van der Waals surface area contributed by atoms with Crippen LogP contribution in [0.4, 0.5) is 0 Å². The highest BCUT2D eigenvalue weighted by atomic mass is 16.4. The molecule has 2 aromatic rings. The quantitative estimate of drug-likeness (QED) is 0.828. The Bertz CT molecular complexity index is 782. The van der Waals surface area contributed by atoms with Crippen LogP contribution in [0.3, 0.4) is 0 Å². The number of rotatable bonds is 6. The highest BCUT2D eigenvalue weighted by Gasteiger charge is 2.21. The molecule has 0 aliphatic carbocycles. The number of amides is 1. The topological polar surface area (TPSA) is 101 Å². The first kappa shape index (κ1) is 16.7. The Kier molecular flexibility index (Phi) is 5.10. The Hall–Kier alpha value is -2.70. The van der Waals surface area contributed by atoms with Crippen molar-refractivity contribution in [3.8, 4) is 0 Å². The Labute approximate surface area is 133 Å². The normalized spacial score (nSPS) is 12.3. The van der Waals surface area contributed by atoms with Gasteiger partial charge in [0.2, 0.25) is 5.91 Å². The zero-order valence-corrected chi connectivity index (χ0v) is 13.0. The molecule has 0 fully saturated rings. The number of carbonyl (C=O) groups is 2. The molecule has 2 N–H and O–H groups in total. The van der Waals surface area contributed by atoms with E-state index in [4.69, 9.17) is 5.11 Å². The van der Waals surface area contributed by atoms with E-state index in [0.717, 1.165) is 0 Å². The lowest BCUT2D eigenvalue weighted by Crippen LogP contribution is -2.44. The molecule has 2 rings (SSSR count). The van der Waals surface area contributed by atoms with E-state index >= 15 is 0 Å². The minimum Gasteiger partial charge on any atom is -0.480 e. The zero-order valence-electron chi connectivity index (χ0n) is 13.0. The molecule has 0 bridgehead atoms. The number of fused-ring (bicyclic) bond motifs is 1. The first-order chi connectivity index (χ1) is 10.9. The first-order valence-electron chi connectivity index (χ1n) is 7.35. The number of aliphatic carboxylic acids is 1. The molecule has 23 heavy (non-hydrogen) atoms. The van der Waals surface area contributed by atoms with E-state index in [1.165, 1.54) is 10.9 Å². The van der Waals surface area contributed by atoms with Crippen LogP contribution in [0.2, 0.25) is 0 Å². The molecule has 1 unspecified atom stereocenters. The second-order valence-corrected chi connectivity index (χ2v) is 5.78. The van der Waals surface area contributed by atoms with E-state index in [1.807, 2.05) is 13.8 Å². The van der Waals surface area contributed by atoms with Gasteiger partial charge in [-0.2, -0.15) is 0 Å². The van der Waals surface area contributed by atoms with Crippen LogP contribution in [0.15, 0.2) is 35.4 Å². The van der Waals surface area contributed by atoms with Gasteiger partial charge in [0, 0.05) is 0 Å². The molecule has 0 spiro atoms. The second kappa shape index (κ2) is 7.04. The molecule has 7 nitrogen and oxygen atoms in total. The van der Waals surface area contributed by atoms with Gasteiger partial charge in [0.05, 0.1) is 17.2 Å². The van der Waals surface area contributed by atoms with Crippen LogP contribution < -0.4 is 10.9 Å². The number of carboxylic acid groups (broad SMARTS) is 1. The molecule has 0 aliphatic heterocycles. The van der Waals surface area contributed by atoms with Gasteiger partial charge >= 0.3 is 5.97 Å². The molecule has 0 saturated heterocycles. The van der Waals surface area contributed by atoms with Gasteiger partial charge in [-0.05, 0) is 24.5 Å². The second-order valence-electron chi connectivity index (χ2n) is 5.78. The Morgan fingerprint density at radius 1 is 1.30 bits per heavy atom. The number of para-hydroxylation sites is 1. The summed E-state index contributed by atoms with van der Waals surface area (Å²) in [5.74, 6) is -1.49. The summed E-state index contributed by atoms with van der Waals surface area (Å²) in [6.07, 6.45) is 1.62. The molecular formula is C16H19N3O4. The number of nitrogens with zero attached hydrogens (tertiary/aromatic N) is 2. The van der Waals surface area contributed by atoms with Gasteiger partial charge in [-0.25, -0.2) is 9.78 Å². The van der Waals surface area contributed by atoms with Crippen molar-refractivity contribution >= 4 is 22.8 Å². The maximum absolute atomic E-state index is 12.3. The first-order valence-corrected chi connectivity index (χ1v) is 7.35. The summed E-state index contributed by atoms with van der Waals surface area (Å²) in [6.45, 7) is 3.48. The lowest BCUT2D eigenvalue weighted by atomic mass is 10.0. The molecule has 0 aliphatic rings. The van der Waals surface area contributed by atoms with Crippen molar-refractivity contribution in [3.63, 3.8) is 0 Å². The minimum absolute atomic E-state index is 0.126. The van der Waals surface area contributed by atoms with Crippen molar-refractivity contribution < 1.29 is 14.7 Å². The fourth-order valence-corrected chi connectivity index (χ4v) is 2.31. The predicted molar refractivity (Wildman–Crippen MR) is 85.0 cm³/mol. The molecule has 122 valence electrons. The third kappa shape index (κ3) is 4.15. The summed E-state index contributed by atoms with van der Waals surface area (Å²) >= 11 is 0. The maximum atomic E-state index is 12.3. The summed E-state index contributed by atoms with van der Waals surface area (Å²) in [5.41, 5.74) is 0.221. The van der Waals surface area contributed by atoms with Crippen LogP contribution in [-0.4, -0.2) is 32.6 Å². The van der Waals surface area contributed by atoms with Crippen LogP contribution in [-0.2, 0) is 16.1 Å². The third-order valence-electron chi connectivity index (χ3n) is 3.39. The number of hydrogen-bond acceptors (Lipinski definition) is 4. The third-order valence-corrected chi connectivity index (χ3v) is 3.39. The van der Waals surface area contributed by atoms with Crippen LogP contribution >= 0.6 is 0 Å². The van der Waals surface area contributed by atoms with Crippen LogP contribution in [0.1, 0.15) is 20.3 Å². The van der Waals surface area contributed by atoms with Gasteiger partial charge in [0.25, 0.3) is 5.56 Å². The van der Waals surface area contributed by atoms with Gasteiger partial charge in [-0.15, -0.1) is 0 Å². The average Bonchev–Trinajstić information content (AvgIpc) is 2.49. The number of carbonyl (C=O) groups excluding carboxylic acids is 1. The van der Waals surface area contributed by atoms with E-state index < -0.39 is 17.9 Å². The highest BCUT2D eigenvalue weighted by molar-refractivity contribution is 5.83. The Morgan fingerprint density at radius 2 is 2.00 bits per heavy atom. The van der Waals surface area contributed by atoms with Crippen LogP contribution in [0.5, 0.6) is 0 Å². The van der Waals surface area contributed by atoms with Crippen molar-refractivity contribution in [1.29, 1.82) is 0 Å². The minimum atomic E-state index is -1.09. The molecule has 1 aromatic heterocycles. The predicted octanol–water partition coefficient (Wildman–Crippen LogP) is 1.01. The SMILES string of the molecule is CC(C)CC(NC(=O)Cn1cnc2ccccc2c1=O)C(=O)O. The fraction of sp³-hybridized carbons (Fsp3) is 0.375. The van der Waals surface area contributed by atoms with Gasteiger partial charge in [-0.1, -0.05) is 26.0 Å². The molecule has 7 heteroatoms. The largest absolute Gasteiger partial charge is 0.480 e. The highest BCUT2D eigenvalue weighted by Crippen LogP contribution is 2.06. The number of nitrogens with one attached hydrogen (secondary N) is 1. The molecule has 1 amide bonds. The van der Waals surface area contributed by atoms with Gasteiger partial charge in [0.15, 0.2) is 0 Å². The summed E-state index contributed by atoms with van der Waals surface area (Å²) in [4.78, 5) is 39.6. The lowest BCUT2D eigenvalue weighted by Gasteiger charge is -2.16. The number of aromatic nitrogens is 2. The van der Waals surface area contributed by atoms with Gasteiger partial charge in [0.1, 0.15) is 12.6 Å². The Morgan fingerprint density at radius 3 is 2.65 bits per heavy atom. The molecule has 1 atom stereocenters. The standard InChI is InChI=1S/C16H19N3O4/c1-10(2)7-13(16(22)23)18-14(20)8-19-9-17-12-6-4-3-5-11(12)15(19)21/h3-6,9-10,13H,7-8H2,1-2H3,(H,18,20)(H,22,23). The molecular weight excluding hydrogens is 298 g/mol. The molecule has 0 saturated carbocycles. The van der Waals surface area contributed by atoms with E-state index in [2.05, 4.69) is 10.3 Å². The van der Waals surface area contributed by atoms with Crippen molar-refractivity contribution in [2.45, 2.75) is 32.9 Å². The summed E-state index contributed by atoms with van der Waals surface area (Å²) in [6, 6.07) is 5.88. The smallest absolute Gasteiger partial charge is 0.326 e. The number of benzene rings is 1. The van der Waals surface area contributed by atoms with E-state index in [-0.39, 0.29) is 18.0 Å². The summed E-state index contributed by atoms with van der Waals surface area (Å²) < 4.78 is 1.17. The molecule has 0 radical (unpaired) electrons. The summed E-state index contributed by atoms with van der Waals surface area (Å²) in [5, 5.41) is 12.0. The van der Waals surface area contributed by atoms with E-state index in [9.17, 15) is 14.4 Å². The van der Waals surface area contributed by atoms with Crippen LogP contribution in [0.25, 0.3) is 10.9 Å². The fourth-order valence-electron chi connectivity index (χ4n) is 2.31. The molecule has 1 heterocycles. The Balaban J connectivity index is 2.15. The lowest BCUT2D eigenvalue weighted by molar-refractivity contribution is -0.142. The molecule has 1 aromatic carbocycles. The monoisotopic (exact) mass is 317 g/mol. The van der Waals surface area contributed by atoms with Crippen molar-refractivity contribution in [3.05, 3.63) is 40.9 Å². The van der Waals surface area contributed by atoms with Gasteiger partial charge < -0.3 is 10.4 Å². The van der Waals surface area contributed by atoms with Gasteiger partial charge in [-0.3, -0.25) is 14.2 Å². The summed E-state index contributed by atoms with van der Waals surface area (Å²) in [7, 11) is 0. The van der Waals surface area contributed by atoms with Crippen molar-refractivity contribution in [2.24, 2.45) is 5.92 Å². The maximum Gasteiger partial charge on any atom is 0.326 e. The van der Waals surface area contributed by atoms with E-state index in [1.54, 1.807) is 24.3 Å². The van der Waals surface area contributed by atoms with Crippen molar-refractivity contribution in [2.75, 3.05) is 0 Å². The van der Waals surface area contributed by atoms with Crippen LogP contribution in [0, 0.1) is 5.92 Å². The average molecular weight is 317 g/mol. The zero-order chi connectivity index (χ0) is 17.0. The van der Waals surface area contributed by atoms with E-state index in [0.29, 0.717) is 17.3 Å². The van der Waals surface area contributed by atoms with Crippen molar-refractivity contribution in [1.82, 2.24) is 14.9 Å². The number of carboxylic acids is 1.